The molecule has 0 rings (SSSR count). The highest BCUT2D eigenvalue weighted by atomic mass is 32.2. The molecule has 0 aliphatic heterocycles. The highest BCUT2D eigenvalue weighted by molar-refractivity contribution is 7.94. The van der Waals surface area contributed by atoms with E-state index < -0.39 is 0 Å². The van der Waals surface area contributed by atoms with Crippen LogP contribution >= 0.6 is 24.1 Å². The average Bonchev–Trinajstić information content (AvgIpc) is 2.14. The van der Waals surface area contributed by atoms with Crippen molar-refractivity contribution >= 4 is 24.1 Å². The third kappa shape index (κ3) is 10.5. The molecule has 0 saturated carbocycles. The van der Waals surface area contributed by atoms with Crippen LogP contribution in [0.5, 0.6) is 0 Å². The predicted octanol–water partition coefficient (Wildman–Crippen LogP) is 3.52. The van der Waals surface area contributed by atoms with Crippen molar-refractivity contribution in [2.24, 2.45) is 0 Å². The quantitative estimate of drug-likeness (QED) is 0.440. The fourth-order valence-electron chi connectivity index (χ4n) is 0.804. The minimum Gasteiger partial charge on any atom is -0.315 e. The number of hydrogen-bond donors (Lipinski definition) is 0. The van der Waals surface area contributed by atoms with Crippen LogP contribution in [-0.4, -0.2) is 24.2 Å². The second kappa shape index (κ2) is 10.7. The van der Waals surface area contributed by atoms with E-state index in [-0.39, 0.29) is 0 Å². The van der Waals surface area contributed by atoms with Gasteiger partial charge in [0.1, 0.15) is 0 Å². The minimum atomic E-state index is 0.347. The Kier molecular flexibility index (Phi) is 11.2. The molecule has 0 radical (unpaired) electrons. The monoisotopic (exact) mass is 224 g/mol. The van der Waals surface area contributed by atoms with E-state index in [0.717, 1.165) is 31.0 Å². The van der Waals surface area contributed by atoms with E-state index in [4.69, 9.17) is 8.37 Å². The fourth-order valence-corrected chi connectivity index (χ4v) is 1.67. The normalized spacial score (nSPS) is 13.2. The van der Waals surface area contributed by atoms with E-state index in [1.165, 1.54) is 24.1 Å². The highest BCUT2D eigenvalue weighted by Crippen LogP contribution is 2.11. The molecule has 4 heteroatoms. The van der Waals surface area contributed by atoms with Gasteiger partial charge >= 0.3 is 0 Å². The van der Waals surface area contributed by atoms with Gasteiger partial charge in [-0.3, -0.25) is 0 Å². The maximum Gasteiger partial charge on any atom is 0.0695 e. The summed E-state index contributed by atoms with van der Waals surface area (Å²) in [6.45, 7) is 7.13. The van der Waals surface area contributed by atoms with Gasteiger partial charge in [-0.15, -0.1) is 0 Å². The van der Waals surface area contributed by atoms with Crippen LogP contribution in [0.4, 0.5) is 0 Å². The van der Waals surface area contributed by atoms with Crippen molar-refractivity contribution in [3.05, 3.63) is 0 Å². The minimum absolute atomic E-state index is 0.347. The zero-order valence-corrected chi connectivity index (χ0v) is 10.4. The van der Waals surface area contributed by atoms with Crippen LogP contribution in [-0.2, 0) is 8.37 Å². The summed E-state index contributed by atoms with van der Waals surface area (Å²) in [7, 11) is 0. The number of hydrogen-bond acceptors (Lipinski definition) is 4. The van der Waals surface area contributed by atoms with E-state index in [1.54, 1.807) is 0 Å². The summed E-state index contributed by atoms with van der Waals surface area (Å²) < 4.78 is 10.7. The van der Waals surface area contributed by atoms with Crippen LogP contribution in [0.1, 0.15) is 33.6 Å². The second-order valence-corrected chi connectivity index (χ2v) is 4.74. The molecule has 0 aromatic heterocycles. The molecule has 0 aliphatic rings. The summed E-state index contributed by atoms with van der Waals surface area (Å²) in [4.78, 5) is 0. The fraction of sp³-hybridized carbons (Fsp3) is 1.00. The molecule has 13 heavy (non-hydrogen) atoms. The van der Waals surface area contributed by atoms with Crippen LogP contribution in [0.2, 0.25) is 0 Å². The van der Waals surface area contributed by atoms with Gasteiger partial charge in [0.15, 0.2) is 0 Å². The zero-order valence-electron chi connectivity index (χ0n) is 8.75. The molecule has 0 fully saturated rings. The van der Waals surface area contributed by atoms with Crippen LogP contribution in [0.3, 0.4) is 0 Å². The van der Waals surface area contributed by atoms with Gasteiger partial charge in [-0.2, -0.15) is 0 Å². The summed E-state index contributed by atoms with van der Waals surface area (Å²) >= 11 is 3.07. The molecule has 0 heterocycles. The van der Waals surface area contributed by atoms with Crippen molar-refractivity contribution in [1.29, 1.82) is 0 Å². The molecule has 0 amide bonds. The Bertz CT molecular complexity index is 102. The third-order valence-corrected chi connectivity index (χ3v) is 2.66. The van der Waals surface area contributed by atoms with Crippen LogP contribution in [0, 0.1) is 0 Å². The SMILES string of the molecule is CCSOCCCC(C)OSCC. The van der Waals surface area contributed by atoms with Gasteiger partial charge in [0.2, 0.25) is 0 Å². The Morgan fingerprint density at radius 2 is 1.85 bits per heavy atom. The lowest BCUT2D eigenvalue weighted by Gasteiger charge is -2.10. The van der Waals surface area contributed by atoms with Gasteiger partial charge in [-0.25, -0.2) is 0 Å². The predicted molar refractivity (Wildman–Crippen MR) is 62.0 cm³/mol. The van der Waals surface area contributed by atoms with Crippen molar-refractivity contribution in [1.82, 2.24) is 0 Å². The smallest absolute Gasteiger partial charge is 0.0695 e. The van der Waals surface area contributed by atoms with Gasteiger partial charge < -0.3 is 8.37 Å². The van der Waals surface area contributed by atoms with Gasteiger partial charge in [-0.05, 0) is 43.9 Å². The summed E-state index contributed by atoms with van der Waals surface area (Å²) in [5.41, 5.74) is 0. The molecular formula is C9H20O2S2. The van der Waals surface area contributed by atoms with E-state index >= 15 is 0 Å². The Morgan fingerprint density at radius 1 is 1.15 bits per heavy atom. The molecule has 1 unspecified atom stereocenters. The molecule has 0 aromatic rings. The van der Waals surface area contributed by atoms with Gasteiger partial charge in [-0.1, -0.05) is 13.8 Å². The summed E-state index contributed by atoms with van der Waals surface area (Å²) in [6, 6.07) is 0. The second-order valence-electron chi connectivity index (χ2n) is 2.68. The molecule has 0 bridgehead atoms. The first-order chi connectivity index (χ1) is 6.31. The summed E-state index contributed by atoms with van der Waals surface area (Å²) in [6.07, 6.45) is 2.51. The summed E-state index contributed by atoms with van der Waals surface area (Å²) in [5.74, 6) is 2.05. The van der Waals surface area contributed by atoms with E-state index in [1.807, 2.05) is 0 Å². The standard InChI is InChI=1S/C9H20O2S2/c1-4-12-10-8-6-7-9(3)11-13-5-2/h9H,4-8H2,1-3H3. The molecule has 2 nitrogen and oxygen atoms in total. The molecule has 0 N–H and O–H groups in total. The topological polar surface area (TPSA) is 18.5 Å². The van der Waals surface area contributed by atoms with Crippen molar-refractivity contribution < 1.29 is 8.37 Å². The van der Waals surface area contributed by atoms with Gasteiger partial charge in [0.05, 0.1) is 12.7 Å². The Morgan fingerprint density at radius 3 is 2.46 bits per heavy atom. The Hall–Kier alpha value is 0.620. The maximum absolute atomic E-state index is 5.45. The maximum atomic E-state index is 5.45. The van der Waals surface area contributed by atoms with Gasteiger partial charge in [0.25, 0.3) is 0 Å². The van der Waals surface area contributed by atoms with Crippen molar-refractivity contribution in [3.8, 4) is 0 Å². The van der Waals surface area contributed by atoms with Crippen LogP contribution in [0.25, 0.3) is 0 Å². The molecular weight excluding hydrogens is 204 g/mol. The zero-order chi connectivity index (χ0) is 9.94. The Labute approximate surface area is 90.6 Å². The first-order valence-corrected chi connectivity index (χ1v) is 6.66. The number of rotatable bonds is 9. The highest BCUT2D eigenvalue weighted by Gasteiger charge is 2.01. The molecule has 80 valence electrons. The van der Waals surface area contributed by atoms with E-state index in [0.29, 0.717) is 6.10 Å². The van der Waals surface area contributed by atoms with Crippen molar-refractivity contribution in [3.63, 3.8) is 0 Å². The summed E-state index contributed by atoms with van der Waals surface area (Å²) in [5, 5.41) is 0. The third-order valence-electron chi connectivity index (χ3n) is 1.39. The van der Waals surface area contributed by atoms with Crippen LogP contribution in [0.15, 0.2) is 0 Å². The molecule has 0 aliphatic carbocycles. The average molecular weight is 224 g/mol. The van der Waals surface area contributed by atoms with Crippen molar-refractivity contribution in [2.75, 3.05) is 18.1 Å². The molecule has 1 atom stereocenters. The van der Waals surface area contributed by atoms with E-state index in [9.17, 15) is 0 Å². The molecule has 0 aromatic carbocycles. The molecule has 0 saturated heterocycles. The Balaban J connectivity index is 3.03. The lowest BCUT2D eigenvalue weighted by atomic mass is 10.2. The van der Waals surface area contributed by atoms with Gasteiger partial charge in [0, 0.05) is 11.5 Å². The largest absolute Gasteiger partial charge is 0.315 e. The first-order valence-electron chi connectivity index (χ1n) is 4.83. The molecule has 0 spiro atoms. The lowest BCUT2D eigenvalue weighted by molar-refractivity contribution is 0.232. The van der Waals surface area contributed by atoms with E-state index in [2.05, 4.69) is 20.8 Å². The first kappa shape index (κ1) is 13.6. The van der Waals surface area contributed by atoms with Crippen molar-refractivity contribution in [2.45, 2.75) is 39.7 Å². The lowest BCUT2D eigenvalue weighted by Crippen LogP contribution is -2.04. The van der Waals surface area contributed by atoms with Crippen LogP contribution < -0.4 is 0 Å².